The van der Waals surface area contributed by atoms with Gasteiger partial charge >= 0.3 is 0 Å². The number of halogens is 3. The van der Waals surface area contributed by atoms with Crippen molar-refractivity contribution in [1.82, 2.24) is 15.1 Å². The van der Waals surface area contributed by atoms with E-state index in [1.165, 1.54) is 12.0 Å². The maximum atomic E-state index is 13.1. The van der Waals surface area contributed by atoms with Crippen LogP contribution in [-0.2, 0) is 20.6 Å². The maximum absolute atomic E-state index is 13.1. The van der Waals surface area contributed by atoms with Crippen LogP contribution in [0.5, 0.6) is 11.5 Å². The van der Waals surface area contributed by atoms with Crippen LogP contribution in [0, 0.1) is 13.1 Å². The molecule has 2 aliphatic heterocycles. The largest absolute Gasteiger partial charge is 0.495 e. The first-order chi connectivity index (χ1) is 24.5. The minimum Gasteiger partial charge on any atom is -0.495 e. The SMILES string of the molecule is [C-]#[N+]C1(c2ccc(Cl)c(OC)c2)CCN(C(=O)CN(CCOC)C(=O)c2cccc(Cl)c2)CC1.[C-]#[N+]C1(c2ccc(Cl)c(OC)c2)CCNCC1. The summed E-state index contributed by atoms with van der Waals surface area (Å²) >= 11 is 18.2. The molecule has 2 saturated heterocycles. The smallest absolute Gasteiger partial charge is 0.261 e. The minimum atomic E-state index is -0.749. The van der Waals surface area contributed by atoms with E-state index in [0.717, 1.165) is 37.1 Å². The van der Waals surface area contributed by atoms with Gasteiger partial charge in [0, 0.05) is 87.2 Å². The number of methoxy groups -OCH3 is 3. The zero-order valence-electron chi connectivity index (χ0n) is 29.0. The van der Waals surface area contributed by atoms with Crippen LogP contribution >= 0.6 is 34.8 Å². The molecule has 0 atom stereocenters. The molecular formula is C38H42Cl3N5O5. The summed E-state index contributed by atoms with van der Waals surface area (Å²) in [5, 5.41) is 4.81. The van der Waals surface area contributed by atoms with Gasteiger partial charge in [0.25, 0.3) is 17.0 Å². The lowest BCUT2D eigenvalue weighted by atomic mass is 9.81. The van der Waals surface area contributed by atoms with Crippen molar-refractivity contribution in [3.05, 3.63) is 115 Å². The average Bonchev–Trinajstić information content (AvgIpc) is 3.17. The van der Waals surface area contributed by atoms with Gasteiger partial charge in [0.2, 0.25) is 5.91 Å². The lowest BCUT2D eigenvalue weighted by Gasteiger charge is -2.35. The third-order valence-electron chi connectivity index (χ3n) is 9.43. The van der Waals surface area contributed by atoms with E-state index in [-0.39, 0.29) is 24.9 Å². The van der Waals surface area contributed by atoms with Crippen molar-refractivity contribution in [1.29, 1.82) is 0 Å². The third kappa shape index (κ3) is 9.65. The van der Waals surface area contributed by atoms with Crippen molar-refractivity contribution in [3.8, 4) is 11.5 Å². The second kappa shape index (κ2) is 18.5. The molecule has 3 aromatic rings. The molecule has 0 saturated carbocycles. The fourth-order valence-corrected chi connectivity index (χ4v) is 6.90. The first-order valence-corrected chi connectivity index (χ1v) is 17.7. The lowest BCUT2D eigenvalue weighted by Crippen LogP contribution is -2.49. The second-order valence-electron chi connectivity index (χ2n) is 12.3. The van der Waals surface area contributed by atoms with Crippen molar-refractivity contribution in [2.75, 3.05) is 67.2 Å². The van der Waals surface area contributed by atoms with Gasteiger partial charge in [-0.05, 0) is 54.6 Å². The van der Waals surface area contributed by atoms with E-state index >= 15 is 0 Å². The number of carbonyl (C=O) groups excluding carboxylic acids is 2. The van der Waals surface area contributed by atoms with Crippen molar-refractivity contribution in [3.63, 3.8) is 0 Å². The number of nitrogens with zero attached hydrogens (tertiary/aromatic N) is 4. The number of rotatable bonds is 10. The summed E-state index contributed by atoms with van der Waals surface area (Å²) in [7, 11) is 4.68. The lowest BCUT2D eigenvalue weighted by molar-refractivity contribution is -0.133. The number of amides is 2. The molecule has 270 valence electrons. The average molecular weight is 755 g/mol. The topological polar surface area (TPSA) is 89.1 Å². The van der Waals surface area contributed by atoms with Gasteiger partial charge in [-0.1, -0.05) is 40.9 Å². The molecular weight excluding hydrogens is 713 g/mol. The van der Waals surface area contributed by atoms with E-state index in [1.807, 2.05) is 24.3 Å². The summed E-state index contributed by atoms with van der Waals surface area (Å²) in [6, 6.07) is 17.7. The molecule has 5 rings (SSSR count). The first kappa shape index (κ1) is 39.8. The van der Waals surface area contributed by atoms with Gasteiger partial charge in [0.1, 0.15) is 18.0 Å². The quantitative estimate of drug-likeness (QED) is 0.218. The number of piperidine rings is 2. The Hall–Kier alpha value is -4.03. The van der Waals surface area contributed by atoms with Gasteiger partial charge in [-0.25, -0.2) is 13.1 Å². The zero-order valence-corrected chi connectivity index (χ0v) is 31.3. The second-order valence-corrected chi connectivity index (χ2v) is 13.6. The number of nitrogens with one attached hydrogen (secondary N) is 1. The fourth-order valence-electron chi connectivity index (χ4n) is 6.32. The molecule has 13 heteroatoms. The molecule has 0 aliphatic carbocycles. The standard InChI is InChI=1S/C25H27Cl2N3O4.C13H15ClN2O/c1-28-25(19-7-8-21(27)22(16-19)34-3)9-11-29(12-10-25)23(31)17-30(13-14-33-2)24(32)18-5-4-6-20(26)15-18;1-15-13(5-7-16-8-6-13)10-3-4-11(14)12(9-10)17-2/h4-8,15-16H,9-14,17H2,2-3H3;3-4,9,16H,5-8H2,2H3. The highest BCUT2D eigenvalue weighted by Crippen LogP contribution is 2.41. The number of carbonyl (C=O) groups is 2. The highest BCUT2D eigenvalue weighted by atomic mass is 35.5. The van der Waals surface area contributed by atoms with Crippen molar-refractivity contribution < 1.29 is 23.8 Å². The van der Waals surface area contributed by atoms with E-state index in [2.05, 4.69) is 15.0 Å². The summed E-state index contributed by atoms with van der Waals surface area (Å²) in [4.78, 5) is 37.1. The summed E-state index contributed by atoms with van der Waals surface area (Å²) in [5.41, 5.74) is 1.09. The van der Waals surface area contributed by atoms with E-state index in [9.17, 15) is 9.59 Å². The van der Waals surface area contributed by atoms with Crippen molar-refractivity contribution in [2.24, 2.45) is 0 Å². The third-order valence-corrected chi connectivity index (χ3v) is 10.3. The fraction of sp³-hybridized carbons (Fsp3) is 0.421. The molecule has 2 fully saturated rings. The highest BCUT2D eigenvalue weighted by Gasteiger charge is 2.44. The van der Waals surface area contributed by atoms with Crippen LogP contribution in [0.25, 0.3) is 9.69 Å². The molecule has 10 nitrogen and oxygen atoms in total. The van der Waals surface area contributed by atoms with Crippen LogP contribution in [0.4, 0.5) is 0 Å². The molecule has 0 radical (unpaired) electrons. The van der Waals surface area contributed by atoms with Gasteiger partial charge in [0.15, 0.2) is 0 Å². The van der Waals surface area contributed by atoms with Gasteiger partial charge in [0.05, 0.1) is 30.9 Å². The molecule has 0 bridgehead atoms. The van der Waals surface area contributed by atoms with E-state index in [1.54, 1.807) is 55.5 Å². The predicted octanol–water partition coefficient (Wildman–Crippen LogP) is 7.37. The summed E-state index contributed by atoms with van der Waals surface area (Å²) in [6.07, 6.45) is 2.63. The van der Waals surface area contributed by atoms with Gasteiger partial charge < -0.3 is 39.0 Å². The number of hydrogen-bond donors (Lipinski definition) is 1. The Kier molecular flexibility index (Phi) is 14.4. The highest BCUT2D eigenvalue weighted by molar-refractivity contribution is 6.32. The van der Waals surface area contributed by atoms with Gasteiger partial charge in [-0.3, -0.25) is 9.59 Å². The Balaban J connectivity index is 0.000000286. The zero-order chi connectivity index (χ0) is 37.0. The molecule has 0 spiro atoms. The van der Waals surface area contributed by atoms with E-state index < -0.39 is 11.1 Å². The number of benzene rings is 3. The molecule has 0 unspecified atom stereocenters. The molecule has 2 aliphatic rings. The van der Waals surface area contributed by atoms with Gasteiger partial charge in [-0.2, -0.15) is 0 Å². The maximum Gasteiger partial charge on any atom is 0.261 e. The van der Waals surface area contributed by atoms with Crippen LogP contribution in [0.2, 0.25) is 15.1 Å². The minimum absolute atomic E-state index is 0.0749. The summed E-state index contributed by atoms with van der Waals surface area (Å²) < 4.78 is 15.7. The summed E-state index contributed by atoms with van der Waals surface area (Å²) in [6.45, 7) is 18.4. The van der Waals surface area contributed by atoms with Crippen LogP contribution in [-0.4, -0.2) is 88.8 Å². The molecule has 1 N–H and O–H groups in total. The normalized spacial score (nSPS) is 16.0. The Morgan fingerprint density at radius 3 is 1.86 bits per heavy atom. The molecule has 51 heavy (non-hydrogen) atoms. The van der Waals surface area contributed by atoms with Crippen LogP contribution in [0.3, 0.4) is 0 Å². The molecule has 3 aromatic carbocycles. The van der Waals surface area contributed by atoms with Gasteiger partial charge in [-0.15, -0.1) is 0 Å². The number of hydrogen-bond acceptors (Lipinski definition) is 6. The Morgan fingerprint density at radius 1 is 0.824 bits per heavy atom. The van der Waals surface area contributed by atoms with Crippen LogP contribution in [0.1, 0.15) is 47.2 Å². The van der Waals surface area contributed by atoms with Crippen molar-refractivity contribution in [2.45, 2.75) is 36.8 Å². The van der Waals surface area contributed by atoms with Crippen LogP contribution < -0.4 is 14.8 Å². The van der Waals surface area contributed by atoms with E-state index in [0.29, 0.717) is 64.7 Å². The predicted molar refractivity (Wildman–Crippen MR) is 200 cm³/mol. The molecule has 2 heterocycles. The van der Waals surface area contributed by atoms with Crippen LogP contribution in [0.15, 0.2) is 60.7 Å². The van der Waals surface area contributed by atoms with Crippen molar-refractivity contribution >= 4 is 46.6 Å². The first-order valence-electron chi connectivity index (χ1n) is 16.5. The molecule has 0 aromatic heterocycles. The summed E-state index contributed by atoms with van der Waals surface area (Å²) in [5.74, 6) is 0.715. The number of likely N-dealkylation sites (tertiary alicyclic amines) is 1. The monoisotopic (exact) mass is 753 g/mol. The number of ether oxygens (including phenoxy) is 3. The Bertz CT molecular complexity index is 1760. The molecule has 2 amide bonds. The Labute approximate surface area is 315 Å². The Morgan fingerprint density at radius 2 is 1.37 bits per heavy atom. The van der Waals surface area contributed by atoms with E-state index in [4.69, 9.17) is 62.2 Å².